The van der Waals surface area contributed by atoms with Crippen molar-refractivity contribution in [3.05, 3.63) is 206 Å². The highest BCUT2D eigenvalue weighted by Crippen LogP contribution is 2.37. The van der Waals surface area contributed by atoms with E-state index in [4.69, 9.17) is 19.7 Å². The quantitative estimate of drug-likeness (QED) is 0.122. The molecule has 0 spiro atoms. The molecule has 0 aromatic heterocycles. The van der Waals surface area contributed by atoms with E-state index in [1.807, 2.05) is 48.5 Å². The van der Waals surface area contributed by atoms with Crippen LogP contribution in [0.25, 0.3) is 17.2 Å². The van der Waals surface area contributed by atoms with E-state index >= 15 is 0 Å². The van der Waals surface area contributed by atoms with Gasteiger partial charge in [0.1, 0.15) is 11.5 Å². The Kier molecular flexibility index (Phi) is 12.6. The van der Waals surface area contributed by atoms with Crippen LogP contribution in [0, 0.1) is 0 Å². The highest BCUT2D eigenvalue weighted by molar-refractivity contribution is 5.88. The fourth-order valence-corrected chi connectivity index (χ4v) is 8.01. The highest BCUT2D eigenvalue weighted by atomic mass is 16.5. The molecule has 2 aliphatic carbocycles. The Morgan fingerprint density at radius 2 is 1.05 bits per heavy atom. The van der Waals surface area contributed by atoms with Crippen LogP contribution in [0.15, 0.2) is 140 Å². The summed E-state index contributed by atoms with van der Waals surface area (Å²) in [5.41, 5.74) is 16.6. The Bertz CT molecular complexity index is 2440. The second-order valence-corrected chi connectivity index (χ2v) is 14.8. The fraction of sp³-hybridized carbons (Fsp3) is 0.192. The molecule has 2 N–H and O–H groups in total. The van der Waals surface area contributed by atoms with Gasteiger partial charge in [-0.25, -0.2) is 9.59 Å². The van der Waals surface area contributed by atoms with Crippen molar-refractivity contribution in [1.29, 1.82) is 0 Å². The summed E-state index contributed by atoms with van der Waals surface area (Å²) in [5, 5.41) is 18.1. The third-order valence-corrected chi connectivity index (χ3v) is 11.1. The van der Waals surface area contributed by atoms with Crippen LogP contribution in [-0.2, 0) is 44.9 Å². The summed E-state index contributed by atoms with van der Waals surface area (Å²) < 4.78 is 10.5. The third kappa shape index (κ3) is 9.64. The minimum Gasteiger partial charge on any atom is -0.497 e. The Morgan fingerprint density at radius 1 is 0.552 bits per heavy atom. The second-order valence-electron chi connectivity index (χ2n) is 14.8. The molecule has 292 valence electrons. The molecule has 0 atom stereocenters. The lowest BCUT2D eigenvalue weighted by molar-refractivity contribution is 0.0686. The maximum atomic E-state index is 11.0. The maximum Gasteiger partial charge on any atom is 0.335 e. The first-order valence-electron chi connectivity index (χ1n) is 19.8. The molecule has 0 saturated heterocycles. The molecule has 0 bridgehead atoms. The lowest BCUT2D eigenvalue weighted by Gasteiger charge is -2.13. The predicted octanol–water partition coefficient (Wildman–Crippen LogP) is 11.0. The number of fused-ring (bicyclic) bond motifs is 2. The van der Waals surface area contributed by atoms with E-state index in [9.17, 15) is 9.59 Å². The average molecular weight is 769 g/mol. The van der Waals surface area contributed by atoms with E-state index in [1.165, 1.54) is 55.7 Å². The highest BCUT2D eigenvalue weighted by Gasteiger charge is 2.20. The first-order chi connectivity index (χ1) is 28.3. The summed E-state index contributed by atoms with van der Waals surface area (Å²) in [6, 6.07) is 44.0. The van der Waals surface area contributed by atoms with Gasteiger partial charge in [-0.15, -0.1) is 0 Å². The monoisotopic (exact) mass is 768 g/mol. The molecule has 6 aromatic rings. The first kappa shape index (κ1) is 39.6. The molecule has 0 saturated carbocycles. The molecule has 8 rings (SSSR count). The van der Waals surface area contributed by atoms with E-state index in [2.05, 4.69) is 72.8 Å². The Labute approximate surface area is 340 Å². The number of benzene rings is 6. The second kappa shape index (κ2) is 18.5. The molecule has 0 unspecified atom stereocenters. The zero-order valence-electron chi connectivity index (χ0n) is 33.0. The molecule has 58 heavy (non-hydrogen) atoms. The van der Waals surface area contributed by atoms with Crippen molar-refractivity contribution in [2.24, 2.45) is 0 Å². The summed E-state index contributed by atoms with van der Waals surface area (Å²) in [5.74, 6) is -0.0192. The summed E-state index contributed by atoms with van der Waals surface area (Å²) >= 11 is 0. The van der Waals surface area contributed by atoms with Crippen LogP contribution in [-0.4, -0.2) is 36.4 Å². The van der Waals surface area contributed by atoms with Gasteiger partial charge in [0.05, 0.1) is 25.3 Å². The number of allylic oxidation sites excluding steroid dienone is 3. The van der Waals surface area contributed by atoms with Gasteiger partial charge in [-0.3, -0.25) is 0 Å². The Balaban J connectivity index is 0.000000177. The number of rotatable bonds is 13. The third-order valence-electron chi connectivity index (χ3n) is 11.1. The van der Waals surface area contributed by atoms with Crippen LogP contribution < -0.4 is 9.47 Å². The van der Waals surface area contributed by atoms with Crippen LogP contribution in [0.4, 0.5) is 0 Å². The molecule has 0 fully saturated rings. The molecule has 0 heterocycles. The van der Waals surface area contributed by atoms with Crippen LogP contribution in [0.3, 0.4) is 0 Å². The summed E-state index contributed by atoms with van der Waals surface area (Å²) in [7, 11) is 3.37. The molecule has 0 amide bonds. The summed E-state index contributed by atoms with van der Waals surface area (Å²) in [6.07, 6.45) is 12.4. The number of carboxylic acid groups (broad SMARTS) is 2. The molecule has 6 aromatic carbocycles. The molecular formula is C52H48O6. The number of ether oxygens (including phenoxy) is 2. The van der Waals surface area contributed by atoms with E-state index in [1.54, 1.807) is 38.5 Å². The van der Waals surface area contributed by atoms with Crippen molar-refractivity contribution in [2.75, 3.05) is 14.2 Å². The van der Waals surface area contributed by atoms with Crippen molar-refractivity contribution in [1.82, 2.24) is 0 Å². The average Bonchev–Trinajstić information content (AvgIpc) is 3.87. The normalized spacial score (nSPS) is 13.2. The molecule has 6 heteroatoms. The van der Waals surface area contributed by atoms with Crippen LogP contribution in [0.1, 0.15) is 82.8 Å². The van der Waals surface area contributed by atoms with Gasteiger partial charge in [0.15, 0.2) is 0 Å². The van der Waals surface area contributed by atoms with Gasteiger partial charge in [-0.2, -0.15) is 0 Å². The first-order valence-corrected chi connectivity index (χ1v) is 19.8. The fourth-order valence-electron chi connectivity index (χ4n) is 8.01. The number of carbonyl (C=O) groups is 2. The van der Waals surface area contributed by atoms with Crippen LogP contribution in [0.2, 0.25) is 0 Å². The smallest absolute Gasteiger partial charge is 0.335 e. The topological polar surface area (TPSA) is 93.1 Å². The number of methoxy groups -OCH3 is 2. The maximum absolute atomic E-state index is 11.0. The number of aryl methyl sites for hydroxylation is 5. The van der Waals surface area contributed by atoms with Crippen molar-refractivity contribution in [3.63, 3.8) is 0 Å². The van der Waals surface area contributed by atoms with E-state index in [0.717, 1.165) is 74.0 Å². The van der Waals surface area contributed by atoms with Gasteiger partial charge in [0.2, 0.25) is 0 Å². The minimum absolute atomic E-state index is 0.332. The Hall–Kier alpha value is -6.66. The van der Waals surface area contributed by atoms with Crippen molar-refractivity contribution >= 4 is 29.2 Å². The van der Waals surface area contributed by atoms with Gasteiger partial charge >= 0.3 is 11.9 Å². The van der Waals surface area contributed by atoms with Gasteiger partial charge < -0.3 is 19.7 Å². The number of hydrogen-bond acceptors (Lipinski definition) is 4. The van der Waals surface area contributed by atoms with E-state index in [0.29, 0.717) is 11.1 Å². The predicted molar refractivity (Wildman–Crippen MR) is 232 cm³/mol. The van der Waals surface area contributed by atoms with Crippen molar-refractivity contribution in [3.8, 4) is 11.5 Å². The van der Waals surface area contributed by atoms with Gasteiger partial charge in [0.25, 0.3) is 0 Å². The molecule has 0 aliphatic heterocycles. The number of aromatic carboxylic acids is 2. The van der Waals surface area contributed by atoms with Crippen LogP contribution in [0.5, 0.6) is 11.5 Å². The number of hydrogen-bond donors (Lipinski definition) is 2. The standard InChI is InChI=1S/2C26H24O3/c2*1-29-24-15-8-19(9-16-24)17-23-14-13-21-4-2-3-20(25(21)23)10-5-18-6-11-22(12-7-18)26(27)28/h2-4,6-9,11-12,15-17H,5,10,13-14H2,1H3,(H,27,28);2-4,6-9,11-12,14-16H,5,10,13,17H2,1H3,(H,27,28)/b23-17+;. The van der Waals surface area contributed by atoms with Gasteiger partial charge in [-0.05, 0) is 167 Å². The largest absolute Gasteiger partial charge is 0.497 e. The molecule has 0 radical (unpaired) electrons. The zero-order valence-corrected chi connectivity index (χ0v) is 33.0. The van der Waals surface area contributed by atoms with E-state index < -0.39 is 11.9 Å². The lowest BCUT2D eigenvalue weighted by atomic mass is 9.91. The van der Waals surface area contributed by atoms with Gasteiger partial charge in [0, 0.05) is 0 Å². The number of carboxylic acids is 2. The zero-order chi connectivity index (χ0) is 40.4. The van der Waals surface area contributed by atoms with Crippen molar-refractivity contribution < 1.29 is 29.3 Å². The van der Waals surface area contributed by atoms with E-state index in [-0.39, 0.29) is 0 Å². The molecule has 2 aliphatic rings. The van der Waals surface area contributed by atoms with Crippen LogP contribution >= 0.6 is 0 Å². The minimum atomic E-state index is -0.884. The summed E-state index contributed by atoms with van der Waals surface area (Å²) in [6.45, 7) is 0. The van der Waals surface area contributed by atoms with Gasteiger partial charge in [-0.1, -0.05) is 97.1 Å². The molecule has 6 nitrogen and oxygen atoms in total. The Morgan fingerprint density at radius 3 is 1.59 bits per heavy atom. The molecular weight excluding hydrogens is 721 g/mol. The van der Waals surface area contributed by atoms with Crippen molar-refractivity contribution in [2.45, 2.75) is 51.4 Å². The SMILES string of the molecule is COc1ccc(/C=C2\CCc3cccc(CCc4ccc(C(=O)O)cc4)c32)cc1.COc1ccc(CC2=CCc3cccc(CCc4ccc(C(=O)O)cc4)c32)cc1. The lowest BCUT2D eigenvalue weighted by Crippen LogP contribution is -2.00. The summed E-state index contributed by atoms with van der Waals surface area (Å²) in [4.78, 5) is 22.1.